The summed E-state index contributed by atoms with van der Waals surface area (Å²) in [4.78, 5) is 2.30. The van der Waals surface area contributed by atoms with Gasteiger partial charge in [0, 0.05) is 31.4 Å². The Kier molecular flexibility index (Phi) is 2.97. The molecule has 2 nitrogen and oxygen atoms in total. The Morgan fingerprint density at radius 1 is 1.35 bits per heavy atom. The molecule has 1 heterocycles. The zero-order valence-electron chi connectivity index (χ0n) is 9.63. The monoisotopic (exact) mass is 254 g/mol. The highest BCUT2D eigenvalue weighted by Gasteiger charge is 2.34. The van der Waals surface area contributed by atoms with Crippen molar-refractivity contribution >= 4 is 17.3 Å². The summed E-state index contributed by atoms with van der Waals surface area (Å²) in [7, 11) is 0. The molecule has 1 N–H and O–H groups in total. The quantitative estimate of drug-likeness (QED) is 0.873. The fourth-order valence-electron chi connectivity index (χ4n) is 2.51. The van der Waals surface area contributed by atoms with Crippen LogP contribution in [0.3, 0.4) is 0 Å². The van der Waals surface area contributed by atoms with Gasteiger partial charge < -0.3 is 10.2 Å². The van der Waals surface area contributed by atoms with E-state index in [0.717, 1.165) is 31.2 Å². The van der Waals surface area contributed by atoms with Crippen molar-refractivity contribution in [1.29, 1.82) is 0 Å². The van der Waals surface area contributed by atoms with Crippen molar-refractivity contribution in [3.05, 3.63) is 29.0 Å². The van der Waals surface area contributed by atoms with E-state index in [2.05, 4.69) is 10.2 Å². The lowest BCUT2D eigenvalue weighted by Gasteiger charge is -2.35. The Bertz CT molecular complexity index is 420. The van der Waals surface area contributed by atoms with Crippen molar-refractivity contribution in [2.45, 2.75) is 18.9 Å². The van der Waals surface area contributed by atoms with Crippen molar-refractivity contribution in [2.75, 3.05) is 24.5 Å². The highest BCUT2D eigenvalue weighted by molar-refractivity contribution is 6.31. The second-order valence-corrected chi connectivity index (χ2v) is 5.35. The van der Waals surface area contributed by atoms with Crippen LogP contribution in [-0.4, -0.2) is 25.7 Å². The first kappa shape index (κ1) is 11.3. The summed E-state index contributed by atoms with van der Waals surface area (Å²) in [6.45, 7) is 2.97. The number of anilines is 1. The fraction of sp³-hybridized carbons (Fsp3) is 0.538. The normalized spacial score (nSPS) is 25.1. The molecule has 1 aliphatic heterocycles. The number of halogens is 2. The molecule has 3 rings (SSSR count). The van der Waals surface area contributed by atoms with Crippen LogP contribution in [-0.2, 0) is 0 Å². The molecule has 92 valence electrons. The lowest BCUT2D eigenvalue weighted by atomic mass is 10.1. The molecule has 1 aliphatic carbocycles. The van der Waals surface area contributed by atoms with Gasteiger partial charge in [-0.05, 0) is 37.0 Å². The Balaban J connectivity index is 1.75. The minimum absolute atomic E-state index is 0.212. The Morgan fingerprint density at radius 3 is 2.88 bits per heavy atom. The average molecular weight is 255 g/mol. The second kappa shape index (κ2) is 4.46. The Labute approximate surface area is 106 Å². The van der Waals surface area contributed by atoms with Gasteiger partial charge in [-0.1, -0.05) is 11.6 Å². The van der Waals surface area contributed by atoms with Crippen LogP contribution in [0.15, 0.2) is 18.2 Å². The average Bonchev–Trinajstić information content (AvgIpc) is 3.17. The van der Waals surface area contributed by atoms with E-state index < -0.39 is 0 Å². The number of rotatable bonds is 2. The predicted octanol–water partition coefficient (Wildman–Crippen LogP) is 2.67. The van der Waals surface area contributed by atoms with Gasteiger partial charge in [-0.3, -0.25) is 0 Å². The van der Waals surface area contributed by atoms with Crippen LogP contribution in [0, 0.1) is 11.7 Å². The van der Waals surface area contributed by atoms with Gasteiger partial charge in [0.05, 0.1) is 5.02 Å². The molecule has 2 fully saturated rings. The molecular formula is C13H16ClFN2. The van der Waals surface area contributed by atoms with Crippen LogP contribution in [0.1, 0.15) is 12.8 Å². The maximum atomic E-state index is 13.1. The van der Waals surface area contributed by atoms with Crippen molar-refractivity contribution in [3.8, 4) is 0 Å². The molecule has 1 atom stereocenters. The molecule has 0 aromatic heterocycles. The lowest BCUT2D eigenvalue weighted by molar-refractivity contribution is 0.419. The Hall–Kier alpha value is -0.800. The van der Waals surface area contributed by atoms with Crippen molar-refractivity contribution in [1.82, 2.24) is 5.32 Å². The molecule has 1 aromatic rings. The van der Waals surface area contributed by atoms with Gasteiger partial charge in [-0.2, -0.15) is 0 Å². The van der Waals surface area contributed by atoms with Crippen LogP contribution >= 0.6 is 11.6 Å². The summed E-state index contributed by atoms with van der Waals surface area (Å²) >= 11 is 5.83. The molecule has 0 spiro atoms. The molecule has 0 amide bonds. The first-order valence-corrected chi connectivity index (χ1v) is 6.55. The third-order valence-electron chi connectivity index (χ3n) is 3.66. The molecule has 4 heteroatoms. The van der Waals surface area contributed by atoms with Crippen LogP contribution < -0.4 is 10.2 Å². The van der Waals surface area contributed by atoms with E-state index in [1.54, 1.807) is 6.07 Å². The summed E-state index contributed by atoms with van der Waals surface area (Å²) in [5.74, 6) is 0.498. The maximum absolute atomic E-state index is 13.1. The smallest absolute Gasteiger partial charge is 0.141 e. The van der Waals surface area contributed by atoms with Gasteiger partial charge in [0.1, 0.15) is 5.82 Å². The minimum Gasteiger partial charge on any atom is -0.369 e. The summed E-state index contributed by atoms with van der Waals surface area (Å²) in [6.07, 6.45) is 2.69. The standard InChI is InChI=1S/C13H16ClFN2/c14-11-7-10(3-4-12(11)15)17-6-5-16-13(8-17)9-1-2-9/h3-4,7,9,13,16H,1-2,5-6,8H2. The summed E-state index contributed by atoms with van der Waals surface area (Å²) in [6, 6.07) is 5.58. The lowest BCUT2D eigenvalue weighted by Crippen LogP contribution is -2.51. The molecule has 1 aromatic carbocycles. The van der Waals surface area contributed by atoms with Crippen LogP contribution in [0.25, 0.3) is 0 Å². The SMILES string of the molecule is Fc1ccc(N2CCNC(C3CC3)C2)cc1Cl. The predicted molar refractivity (Wildman–Crippen MR) is 68.1 cm³/mol. The third kappa shape index (κ3) is 2.40. The van der Waals surface area contributed by atoms with Gasteiger partial charge in [-0.25, -0.2) is 4.39 Å². The molecule has 17 heavy (non-hydrogen) atoms. The van der Waals surface area contributed by atoms with Crippen molar-refractivity contribution in [2.24, 2.45) is 5.92 Å². The first-order chi connectivity index (χ1) is 8.24. The first-order valence-electron chi connectivity index (χ1n) is 6.17. The zero-order valence-corrected chi connectivity index (χ0v) is 10.4. The molecule has 0 bridgehead atoms. The molecule has 2 aliphatic rings. The van der Waals surface area contributed by atoms with Gasteiger partial charge in [0.2, 0.25) is 0 Å². The summed E-state index contributed by atoms with van der Waals surface area (Å²) in [5.41, 5.74) is 1.03. The summed E-state index contributed by atoms with van der Waals surface area (Å²) in [5, 5.41) is 3.77. The number of benzene rings is 1. The van der Waals surface area contributed by atoms with Crippen molar-refractivity contribution < 1.29 is 4.39 Å². The fourth-order valence-corrected chi connectivity index (χ4v) is 2.68. The zero-order chi connectivity index (χ0) is 11.8. The van der Waals surface area contributed by atoms with Gasteiger partial charge in [-0.15, -0.1) is 0 Å². The Morgan fingerprint density at radius 2 is 2.18 bits per heavy atom. The molecule has 1 saturated carbocycles. The van der Waals surface area contributed by atoms with Gasteiger partial charge in [0.15, 0.2) is 0 Å². The van der Waals surface area contributed by atoms with E-state index in [1.165, 1.54) is 18.9 Å². The number of hydrogen-bond donors (Lipinski definition) is 1. The molecular weight excluding hydrogens is 239 g/mol. The van der Waals surface area contributed by atoms with Gasteiger partial charge >= 0.3 is 0 Å². The molecule has 0 radical (unpaired) electrons. The van der Waals surface area contributed by atoms with E-state index in [0.29, 0.717) is 6.04 Å². The van der Waals surface area contributed by atoms with E-state index in [1.807, 2.05) is 6.07 Å². The van der Waals surface area contributed by atoms with Crippen LogP contribution in [0.2, 0.25) is 5.02 Å². The van der Waals surface area contributed by atoms with E-state index in [-0.39, 0.29) is 10.8 Å². The topological polar surface area (TPSA) is 15.3 Å². The molecule has 1 unspecified atom stereocenters. The number of hydrogen-bond acceptors (Lipinski definition) is 2. The van der Waals surface area contributed by atoms with E-state index in [9.17, 15) is 4.39 Å². The van der Waals surface area contributed by atoms with Gasteiger partial charge in [0.25, 0.3) is 0 Å². The minimum atomic E-state index is -0.343. The second-order valence-electron chi connectivity index (χ2n) is 4.94. The van der Waals surface area contributed by atoms with Crippen LogP contribution in [0.5, 0.6) is 0 Å². The number of nitrogens with one attached hydrogen (secondary N) is 1. The van der Waals surface area contributed by atoms with E-state index in [4.69, 9.17) is 11.6 Å². The summed E-state index contributed by atoms with van der Waals surface area (Å²) < 4.78 is 13.1. The number of nitrogens with zero attached hydrogens (tertiary/aromatic N) is 1. The maximum Gasteiger partial charge on any atom is 0.141 e. The van der Waals surface area contributed by atoms with Crippen LogP contribution in [0.4, 0.5) is 10.1 Å². The largest absolute Gasteiger partial charge is 0.369 e. The number of piperazine rings is 1. The van der Waals surface area contributed by atoms with E-state index >= 15 is 0 Å². The van der Waals surface area contributed by atoms with Crippen molar-refractivity contribution in [3.63, 3.8) is 0 Å². The highest BCUT2D eigenvalue weighted by atomic mass is 35.5. The highest BCUT2D eigenvalue weighted by Crippen LogP contribution is 2.34. The third-order valence-corrected chi connectivity index (χ3v) is 3.95. The molecule has 1 saturated heterocycles.